The van der Waals surface area contributed by atoms with E-state index in [4.69, 9.17) is 13.9 Å². The molecule has 8 nitrogen and oxygen atoms in total. The zero-order valence-electron chi connectivity index (χ0n) is 18.9. The van der Waals surface area contributed by atoms with Crippen molar-refractivity contribution in [3.05, 3.63) is 83.3 Å². The van der Waals surface area contributed by atoms with Crippen molar-refractivity contribution in [3.8, 4) is 17.2 Å². The number of hydrogen-bond donors (Lipinski definition) is 2. The van der Waals surface area contributed by atoms with Crippen LogP contribution in [0.25, 0.3) is 5.76 Å². The van der Waals surface area contributed by atoms with Gasteiger partial charge in [0.25, 0.3) is 11.7 Å². The van der Waals surface area contributed by atoms with Crippen LogP contribution in [0.1, 0.15) is 36.8 Å². The fraction of sp³-hybridized carbons (Fsp3) is 0.231. The number of carbonyl (C=O) groups excluding carboxylic acids is 2. The van der Waals surface area contributed by atoms with Crippen LogP contribution in [0.3, 0.4) is 0 Å². The van der Waals surface area contributed by atoms with Gasteiger partial charge in [-0.3, -0.25) is 9.59 Å². The predicted octanol–water partition coefficient (Wildman–Crippen LogP) is 4.40. The third-order valence-corrected chi connectivity index (χ3v) is 5.48. The zero-order valence-corrected chi connectivity index (χ0v) is 18.9. The normalized spacial score (nSPS) is 17.2. The molecule has 176 valence electrons. The Labute approximate surface area is 196 Å². The van der Waals surface area contributed by atoms with Crippen LogP contribution in [0.5, 0.6) is 17.2 Å². The molecule has 1 aliphatic heterocycles. The van der Waals surface area contributed by atoms with E-state index in [1.165, 1.54) is 17.2 Å². The van der Waals surface area contributed by atoms with Crippen molar-refractivity contribution in [1.29, 1.82) is 0 Å². The van der Waals surface area contributed by atoms with Crippen LogP contribution in [0.2, 0.25) is 0 Å². The molecule has 2 heterocycles. The smallest absolute Gasteiger partial charge is 0.296 e. The number of Topliss-reactive ketones (excluding diaryl/α,β-unsaturated/α-hetero) is 1. The van der Waals surface area contributed by atoms with Crippen molar-refractivity contribution >= 4 is 17.4 Å². The SMILES string of the molecule is CCOc1ccc(/C(O)=C2\C(=O)C(=O)N(Cc3ccco3)C2c2ccc(O)c(OCC)c2)cc1. The Bertz CT molecular complexity index is 1210. The van der Waals surface area contributed by atoms with Crippen LogP contribution in [-0.4, -0.2) is 40.0 Å². The molecule has 1 fully saturated rings. The highest BCUT2D eigenvalue weighted by Crippen LogP contribution is 2.42. The van der Waals surface area contributed by atoms with Gasteiger partial charge >= 0.3 is 0 Å². The fourth-order valence-corrected chi connectivity index (χ4v) is 3.96. The third kappa shape index (κ3) is 4.34. The standard InChI is InChI=1S/C26H25NO7/c1-3-32-18-10-7-16(8-11-18)24(29)22-23(17-9-12-20(28)21(14-17)33-4-2)27(26(31)25(22)30)15-19-6-5-13-34-19/h5-14,23,28-29H,3-4,15H2,1-2H3/b24-22+. The largest absolute Gasteiger partial charge is 0.507 e. The number of carbonyl (C=O) groups is 2. The summed E-state index contributed by atoms with van der Waals surface area (Å²) in [4.78, 5) is 27.5. The summed E-state index contributed by atoms with van der Waals surface area (Å²) >= 11 is 0. The first-order valence-electron chi connectivity index (χ1n) is 10.9. The van der Waals surface area contributed by atoms with Gasteiger partial charge in [-0.2, -0.15) is 0 Å². The van der Waals surface area contributed by atoms with Gasteiger partial charge < -0.3 is 29.0 Å². The second-order valence-electron chi connectivity index (χ2n) is 7.62. The molecule has 3 aromatic rings. The summed E-state index contributed by atoms with van der Waals surface area (Å²) in [5.74, 6) is -0.636. The highest BCUT2D eigenvalue weighted by Gasteiger charge is 2.46. The van der Waals surface area contributed by atoms with E-state index < -0.39 is 17.7 Å². The molecule has 1 atom stereocenters. The zero-order chi connectivity index (χ0) is 24.2. The van der Waals surface area contributed by atoms with Crippen molar-refractivity contribution in [2.75, 3.05) is 13.2 Å². The van der Waals surface area contributed by atoms with Crippen molar-refractivity contribution < 1.29 is 33.7 Å². The Kier molecular flexibility index (Phi) is 6.58. The molecule has 1 aromatic heterocycles. The molecule has 1 unspecified atom stereocenters. The number of nitrogens with zero attached hydrogens (tertiary/aromatic N) is 1. The minimum atomic E-state index is -0.920. The quantitative estimate of drug-likeness (QED) is 0.289. The second kappa shape index (κ2) is 9.74. The number of hydrogen-bond acceptors (Lipinski definition) is 7. The number of aliphatic hydroxyl groups excluding tert-OH is 1. The summed E-state index contributed by atoms with van der Waals surface area (Å²) < 4.78 is 16.3. The molecule has 1 aliphatic rings. The molecule has 0 spiro atoms. The Morgan fingerprint density at radius 1 is 1.03 bits per heavy atom. The van der Waals surface area contributed by atoms with E-state index in [9.17, 15) is 19.8 Å². The van der Waals surface area contributed by atoms with Crippen LogP contribution in [0.4, 0.5) is 0 Å². The van der Waals surface area contributed by atoms with E-state index in [-0.39, 0.29) is 29.4 Å². The first kappa shape index (κ1) is 23.0. The summed E-state index contributed by atoms with van der Waals surface area (Å²) in [6.45, 7) is 4.47. The minimum Gasteiger partial charge on any atom is -0.507 e. The monoisotopic (exact) mass is 463 g/mol. The van der Waals surface area contributed by atoms with E-state index in [1.807, 2.05) is 6.92 Å². The molecule has 1 saturated heterocycles. The molecule has 0 aliphatic carbocycles. The number of aromatic hydroxyl groups is 1. The third-order valence-electron chi connectivity index (χ3n) is 5.48. The van der Waals surface area contributed by atoms with Crippen LogP contribution >= 0.6 is 0 Å². The van der Waals surface area contributed by atoms with Gasteiger partial charge in [0.15, 0.2) is 11.5 Å². The van der Waals surface area contributed by atoms with Gasteiger partial charge in [0.05, 0.1) is 37.6 Å². The van der Waals surface area contributed by atoms with E-state index in [0.717, 1.165) is 0 Å². The number of phenolic OH excluding ortho intramolecular Hbond substituents is 1. The lowest BCUT2D eigenvalue weighted by atomic mass is 9.95. The Morgan fingerprint density at radius 3 is 2.41 bits per heavy atom. The maximum Gasteiger partial charge on any atom is 0.296 e. The van der Waals surface area contributed by atoms with Gasteiger partial charge in [0, 0.05) is 5.56 Å². The Morgan fingerprint density at radius 2 is 1.76 bits per heavy atom. The molecular weight excluding hydrogens is 438 g/mol. The van der Waals surface area contributed by atoms with Gasteiger partial charge in [-0.15, -0.1) is 0 Å². The summed E-state index contributed by atoms with van der Waals surface area (Å²) in [7, 11) is 0. The molecule has 0 radical (unpaired) electrons. The first-order chi connectivity index (χ1) is 16.4. The number of amides is 1. The molecular formula is C26H25NO7. The number of benzene rings is 2. The summed E-state index contributed by atoms with van der Waals surface area (Å²) in [6, 6.07) is 13.7. The second-order valence-corrected chi connectivity index (χ2v) is 7.62. The van der Waals surface area contributed by atoms with Crippen LogP contribution < -0.4 is 9.47 Å². The lowest BCUT2D eigenvalue weighted by Crippen LogP contribution is -2.29. The van der Waals surface area contributed by atoms with E-state index >= 15 is 0 Å². The number of ether oxygens (including phenoxy) is 2. The molecule has 0 bridgehead atoms. The highest BCUT2D eigenvalue weighted by atomic mass is 16.5. The van der Waals surface area contributed by atoms with Crippen molar-refractivity contribution in [3.63, 3.8) is 0 Å². The van der Waals surface area contributed by atoms with Crippen molar-refractivity contribution in [2.45, 2.75) is 26.4 Å². The van der Waals surface area contributed by atoms with Crippen LogP contribution in [0.15, 0.2) is 70.9 Å². The number of ketones is 1. The number of phenols is 1. The first-order valence-corrected chi connectivity index (χ1v) is 10.9. The molecule has 4 rings (SSSR count). The summed E-state index contributed by atoms with van der Waals surface area (Å²) in [6.07, 6.45) is 1.48. The topological polar surface area (TPSA) is 109 Å². The maximum absolute atomic E-state index is 13.1. The average Bonchev–Trinajstić information content (AvgIpc) is 3.43. The fourth-order valence-electron chi connectivity index (χ4n) is 3.96. The van der Waals surface area contributed by atoms with E-state index in [1.54, 1.807) is 55.5 Å². The van der Waals surface area contributed by atoms with Gasteiger partial charge in [-0.05, 0) is 67.9 Å². The van der Waals surface area contributed by atoms with Gasteiger partial charge in [-0.1, -0.05) is 6.07 Å². The summed E-state index contributed by atoms with van der Waals surface area (Å²) in [5.41, 5.74) is 0.807. The molecule has 2 aromatic carbocycles. The number of likely N-dealkylation sites (tertiary alicyclic amines) is 1. The lowest BCUT2D eigenvalue weighted by Gasteiger charge is -2.25. The lowest BCUT2D eigenvalue weighted by molar-refractivity contribution is -0.140. The molecule has 8 heteroatoms. The molecule has 2 N–H and O–H groups in total. The number of rotatable bonds is 8. The van der Waals surface area contributed by atoms with Crippen molar-refractivity contribution in [2.24, 2.45) is 0 Å². The Balaban J connectivity index is 1.84. The van der Waals surface area contributed by atoms with E-state index in [0.29, 0.717) is 35.9 Å². The maximum atomic E-state index is 13.1. The molecule has 1 amide bonds. The molecule has 0 saturated carbocycles. The van der Waals surface area contributed by atoms with Crippen LogP contribution in [-0.2, 0) is 16.1 Å². The predicted molar refractivity (Wildman–Crippen MR) is 123 cm³/mol. The van der Waals surface area contributed by atoms with Gasteiger partial charge in [0.2, 0.25) is 0 Å². The van der Waals surface area contributed by atoms with E-state index in [2.05, 4.69) is 0 Å². The van der Waals surface area contributed by atoms with Crippen LogP contribution in [0, 0.1) is 0 Å². The van der Waals surface area contributed by atoms with Gasteiger partial charge in [0.1, 0.15) is 17.3 Å². The molecule has 34 heavy (non-hydrogen) atoms. The number of aliphatic hydroxyl groups is 1. The summed E-state index contributed by atoms with van der Waals surface area (Å²) in [5, 5.41) is 21.3. The number of furan rings is 1. The van der Waals surface area contributed by atoms with Crippen molar-refractivity contribution in [1.82, 2.24) is 4.90 Å². The average molecular weight is 463 g/mol. The van der Waals surface area contributed by atoms with Gasteiger partial charge in [-0.25, -0.2) is 0 Å². The minimum absolute atomic E-state index is 0.0210. The highest BCUT2D eigenvalue weighted by molar-refractivity contribution is 6.46. The Hall–Kier alpha value is -4.20.